The summed E-state index contributed by atoms with van der Waals surface area (Å²) in [7, 11) is 0. The van der Waals surface area contributed by atoms with Crippen LogP contribution in [0.2, 0.25) is 5.02 Å². The molecule has 0 saturated heterocycles. The average Bonchev–Trinajstić information content (AvgIpc) is 3.03. The van der Waals surface area contributed by atoms with Gasteiger partial charge in [-0.3, -0.25) is 14.4 Å². The van der Waals surface area contributed by atoms with E-state index in [2.05, 4.69) is 16.7 Å². The number of benzene rings is 2. The highest BCUT2D eigenvalue weighted by Crippen LogP contribution is 2.31. The number of rotatable bonds is 8. The van der Waals surface area contributed by atoms with Gasteiger partial charge in [-0.2, -0.15) is 0 Å². The molecule has 0 saturated carbocycles. The number of hydrogen-bond acceptors (Lipinski definition) is 5. The molecule has 1 aliphatic rings. The van der Waals surface area contributed by atoms with Gasteiger partial charge in [0.2, 0.25) is 0 Å². The molecule has 0 spiro atoms. The van der Waals surface area contributed by atoms with Crippen LogP contribution >= 0.6 is 11.6 Å². The number of carboxylic acids is 2. The fourth-order valence-corrected chi connectivity index (χ4v) is 4.02. The molecule has 3 rings (SSSR count). The minimum absolute atomic E-state index is 0.0326. The summed E-state index contributed by atoms with van der Waals surface area (Å²) < 4.78 is 14.6. The van der Waals surface area contributed by atoms with Gasteiger partial charge in [0.25, 0.3) is 0 Å². The standard InChI is InChI=1S/C23H28ClFN2O.C4H6O4/c1-23(2,3)13-21(28)16-4-5-17(20(25)12-16)14-27-22-18-9-11-26-10-8-15(18)6-7-19(22)24;5-3(6)1-2-4(7)8/h4-7,12,26-27H,8-11,13-14H2,1-3H3;1-2H2,(H,5,6)(H,7,8). The van der Waals surface area contributed by atoms with Crippen molar-refractivity contribution in [2.24, 2.45) is 5.41 Å². The number of ketones is 1. The monoisotopic (exact) mass is 520 g/mol. The molecule has 7 nitrogen and oxygen atoms in total. The van der Waals surface area contributed by atoms with Crippen molar-refractivity contribution >= 4 is 35.0 Å². The third-order valence-corrected chi connectivity index (χ3v) is 5.87. The first-order valence-electron chi connectivity index (χ1n) is 11.9. The fraction of sp³-hybridized carbons (Fsp3) is 0.444. The molecule has 0 aromatic heterocycles. The third-order valence-electron chi connectivity index (χ3n) is 5.56. The number of fused-ring (bicyclic) bond motifs is 1. The second-order valence-corrected chi connectivity index (χ2v) is 10.3. The van der Waals surface area contributed by atoms with Gasteiger partial charge in [0.1, 0.15) is 5.82 Å². The van der Waals surface area contributed by atoms with Crippen LogP contribution in [0.4, 0.5) is 10.1 Å². The summed E-state index contributed by atoms with van der Waals surface area (Å²) in [4.78, 5) is 31.6. The van der Waals surface area contributed by atoms with Crippen molar-refractivity contribution in [1.29, 1.82) is 0 Å². The number of carboxylic acid groups (broad SMARTS) is 2. The molecule has 1 aliphatic heterocycles. The van der Waals surface area contributed by atoms with Gasteiger partial charge in [0.05, 0.1) is 23.6 Å². The lowest BCUT2D eigenvalue weighted by molar-refractivity contribution is -0.143. The Balaban J connectivity index is 0.000000493. The molecule has 2 aromatic rings. The Kier molecular flexibility index (Phi) is 10.9. The Labute approximate surface area is 216 Å². The molecule has 196 valence electrons. The molecule has 2 aromatic carbocycles. The van der Waals surface area contributed by atoms with Crippen molar-refractivity contribution in [1.82, 2.24) is 5.32 Å². The molecule has 0 unspecified atom stereocenters. The first-order chi connectivity index (χ1) is 16.9. The smallest absolute Gasteiger partial charge is 0.303 e. The molecule has 0 aliphatic carbocycles. The third kappa shape index (κ3) is 9.59. The summed E-state index contributed by atoms with van der Waals surface area (Å²) in [6.45, 7) is 8.18. The molecular weight excluding hydrogens is 487 g/mol. The summed E-state index contributed by atoms with van der Waals surface area (Å²) in [5, 5.41) is 23.2. The van der Waals surface area contributed by atoms with E-state index in [4.69, 9.17) is 21.8 Å². The largest absolute Gasteiger partial charge is 0.481 e. The van der Waals surface area contributed by atoms with E-state index in [1.807, 2.05) is 26.8 Å². The predicted octanol–water partition coefficient (Wildman–Crippen LogP) is 5.33. The highest BCUT2D eigenvalue weighted by Gasteiger charge is 2.19. The van der Waals surface area contributed by atoms with Gasteiger partial charge in [-0.05, 0) is 54.6 Å². The van der Waals surface area contributed by atoms with E-state index in [-0.39, 0.29) is 29.9 Å². The number of anilines is 1. The quantitative estimate of drug-likeness (QED) is 0.347. The van der Waals surface area contributed by atoms with Crippen LogP contribution in [-0.2, 0) is 29.0 Å². The summed E-state index contributed by atoms with van der Waals surface area (Å²) in [5.41, 5.74) is 4.19. The van der Waals surface area contributed by atoms with Gasteiger partial charge in [-0.25, -0.2) is 4.39 Å². The molecule has 9 heteroatoms. The van der Waals surface area contributed by atoms with Crippen LogP contribution in [0.15, 0.2) is 30.3 Å². The zero-order chi connectivity index (χ0) is 26.9. The number of aliphatic carboxylic acids is 2. The molecule has 1 heterocycles. The Morgan fingerprint density at radius 1 is 1.03 bits per heavy atom. The lowest BCUT2D eigenvalue weighted by Crippen LogP contribution is -2.16. The minimum Gasteiger partial charge on any atom is -0.481 e. The lowest BCUT2D eigenvalue weighted by Gasteiger charge is -2.18. The van der Waals surface area contributed by atoms with E-state index in [0.29, 0.717) is 29.1 Å². The zero-order valence-electron chi connectivity index (χ0n) is 20.9. The number of carbonyl (C=O) groups excluding carboxylic acids is 1. The first kappa shape index (κ1) is 29.3. The van der Waals surface area contributed by atoms with Gasteiger partial charge in [0.15, 0.2) is 5.78 Å². The van der Waals surface area contributed by atoms with Crippen LogP contribution in [0, 0.1) is 11.2 Å². The minimum atomic E-state index is -1.08. The number of carbonyl (C=O) groups is 3. The van der Waals surface area contributed by atoms with E-state index in [9.17, 15) is 18.8 Å². The number of Topliss-reactive ketones (excluding diaryl/α,β-unsaturated/α-hetero) is 1. The Morgan fingerprint density at radius 2 is 1.67 bits per heavy atom. The van der Waals surface area contributed by atoms with Crippen molar-refractivity contribution in [3.63, 3.8) is 0 Å². The van der Waals surface area contributed by atoms with Crippen LogP contribution in [0.3, 0.4) is 0 Å². The van der Waals surface area contributed by atoms with Crippen molar-refractivity contribution < 1.29 is 29.0 Å². The average molecular weight is 521 g/mol. The second-order valence-electron chi connectivity index (χ2n) is 9.92. The van der Waals surface area contributed by atoms with Crippen LogP contribution < -0.4 is 10.6 Å². The zero-order valence-corrected chi connectivity index (χ0v) is 21.7. The number of halogens is 2. The lowest BCUT2D eigenvalue weighted by atomic mass is 9.87. The predicted molar refractivity (Wildman–Crippen MR) is 138 cm³/mol. The maximum absolute atomic E-state index is 14.6. The van der Waals surface area contributed by atoms with Crippen molar-refractivity contribution in [2.75, 3.05) is 18.4 Å². The topological polar surface area (TPSA) is 116 Å². The van der Waals surface area contributed by atoms with Gasteiger partial charge < -0.3 is 20.8 Å². The molecule has 4 N–H and O–H groups in total. The molecule has 0 fully saturated rings. The van der Waals surface area contributed by atoms with Crippen molar-refractivity contribution in [3.8, 4) is 0 Å². The summed E-state index contributed by atoms with van der Waals surface area (Å²) in [6.07, 6.45) is 1.65. The first-order valence-corrected chi connectivity index (χ1v) is 12.2. The number of nitrogens with one attached hydrogen (secondary N) is 2. The van der Waals surface area contributed by atoms with Gasteiger partial charge in [-0.1, -0.05) is 50.6 Å². The van der Waals surface area contributed by atoms with Crippen LogP contribution in [0.1, 0.15) is 67.1 Å². The fourth-order valence-electron chi connectivity index (χ4n) is 3.78. The maximum Gasteiger partial charge on any atom is 0.303 e. The van der Waals surface area contributed by atoms with E-state index in [0.717, 1.165) is 31.6 Å². The van der Waals surface area contributed by atoms with E-state index in [1.54, 1.807) is 12.1 Å². The summed E-state index contributed by atoms with van der Waals surface area (Å²) in [5.74, 6) is -2.55. The van der Waals surface area contributed by atoms with E-state index < -0.39 is 11.9 Å². The van der Waals surface area contributed by atoms with Crippen LogP contribution in [-0.4, -0.2) is 41.0 Å². The van der Waals surface area contributed by atoms with Crippen molar-refractivity contribution in [2.45, 2.75) is 59.4 Å². The molecular formula is C27H34ClFN2O5. The molecule has 0 bridgehead atoms. The summed E-state index contributed by atoms with van der Waals surface area (Å²) in [6, 6.07) is 8.73. The van der Waals surface area contributed by atoms with Gasteiger partial charge >= 0.3 is 11.9 Å². The normalized spacial score (nSPS) is 13.0. The van der Waals surface area contributed by atoms with E-state index >= 15 is 0 Å². The van der Waals surface area contributed by atoms with Crippen LogP contribution in [0.5, 0.6) is 0 Å². The second kappa shape index (κ2) is 13.4. The maximum atomic E-state index is 14.6. The SMILES string of the molecule is CC(C)(C)CC(=O)c1ccc(CNc2c(Cl)ccc3c2CCNCC3)c(F)c1.O=C(O)CCC(=O)O. The van der Waals surface area contributed by atoms with Gasteiger partial charge in [0, 0.05) is 24.1 Å². The molecule has 36 heavy (non-hydrogen) atoms. The molecule has 0 amide bonds. The molecule has 0 radical (unpaired) electrons. The Morgan fingerprint density at radius 3 is 2.25 bits per heavy atom. The molecule has 0 atom stereocenters. The highest BCUT2D eigenvalue weighted by molar-refractivity contribution is 6.33. The van der Waals surface area contributed by atoms with Crippen LogP contribution in [0.25, 0.3) is 0 Å². The Bertz CT molecular complexity index is 1080. The Hall–Kier alpha value is -2.97. The number of hydrogen-bond donors (Lipinski definition) is 4. The van der Waals surface area contributed by atoms with Gasteiger partial charge in [-0.15, -0.1) is 0 Å². The highest BCUT2D eigenvalue weighted by atomic mass is 35.5. The summed E-state index contributed by atoms with van der Waals surface area (Å²) >= 11 is 6.43. The van der Waals surface area contributed by atoms with E-state index in [1.165, 1.54) is 17.2 Å². The van der Waals surface area contributed by atoms with Crippen molar-refractivity contribution in [3.05, 3.63) is 63.4 Å².